The van der Waals surface area contributed by atoms with Crippen LogP contribution in [0.2, 0.25) is 0 Å². The molecule has 2 aromatic carbocycles. The van der Waals surface area contributed by atoms with Crippen molar-refractivity contribution in [1.82, 2.24) is 4.90 Å². The van der Waals surface area contributed by atoms with Gasteiger partial charge in [0.1, 0.15) is 5.82 Å². The Morgan fingerprint density at radius 1 is 1.15 bits per heavy atom. The van der Waals surface area contributed by atoms with E-state index in [9.17, 15) is 14.3 Å². The number of carbonyl (C=O) groups is 1. The summed E-state index contributed by atoms with van der Waals surface area (Å²) in [6.45, 7) is 1.25. The van der Waals surface area contributed by atoms with Crippen molar-refractivity contribution in [1.29, 1.82) is 0 Å². The fourth-order valence-corrected chi connectivity index (χ4v) is 4.09. The Hall–Kier alpha value is -2.24. The number of morpholine rings is 1. The molecule has 0 spiro atoms. The molecule has 1 amide bonds. The number of aliphatic hydroxyl groups excluding tert-OH is 1. The highest BCUT2D eigenvalue weighted by molar-refractivity contribution is 5.95. The normalized spacial score (nSPS) is 25.2. The minimum absolute atomic E-state index is 0.00678. The van der Waals surface area contributed by atoms with Crippen molar-refractivity contribution >= 4 is 5.91 Å². The van der Waals surface area contributed by atoms with Gasteiger partial charge in [-0.25, -0.2) is 4.39 Å². The van der Waals surface area contributed by atoms with Crippen molar-refractivity contribution in [2.75, 3.05) is 19.8 Å². The summed E-state index contributed by atoms with van der Waals surface area (Å²) in [7, 11) is 0. The first kappa shape index (κ1) is 17.2. The molecular formula is C21H22FNO3. The largest absolute Gasteiger partial charge is 0.396 e. The monoisotopic (exact) mass is 355 g/mol. The zero-order valence-corrected chi connectivity index (χ0v) is 14.5. The number of fused-ring (bicyclic) bond motifs is 1. The van der Waals surface area contributed by atoms with Crippen LogP contribution in [-0.2, 0) is 4.74 Å². The number of benzene rings is 2. The van der Waals surface area contributed by atoms with E-state index in [1.165, 1.54) is 12.1 Å². The maximum Gasteiger partial charge on any atom is 0.254 e. The molecule has 136 valence electrons. The highest BCUT2D eigenvalue weighted by atomic mass is 19.1. The van der Waals surface area contributed by atoms with Gasteiger partial charge >= 0.3 is 0 Å². The molecule has 4 nitrogen and oxygen atoms in total. The number of aliphatic hydroxyl groups is 1. The van der Waals surface area contributed by atoms with Gasteiger partial charge in [0.05, 0.1) is 18.8 Å². The van der Waals surface area contributed by atoms with E-state index in [0.717, 1.165) is 24.0 Å². The molecular weight excluding hydrogens is 333 g/mol. The second-order valence-corrected chi connectivity index (χ2v) is 7.08. The predicted octanol–water partition coefficient (Wildman–Crippen LogP) is 3.10. The van der Waals surface area contributed by atoms with E-state index in [4.69, 9.17) is 4.74 Å². The maximum atomic E-state index is 13.4. The number of amides is 1. The van der Waals surface area contributed by atoms with Crippen LogP contribution in [-0.4, -0.2) is 47.8 Å². The number of rotatable bonds is 3. The molecule has 1 N–H and O–H groups in total. The van der Waals surface area contributed by atoms with Gasteiger partial charge in [-0.2, -0.15) is 0 Å². The van der Waals surface area contributed by atoms with E-state index in [0.29, 0.717) is 18.7 Å². The van der Waals surface area contributed by atoms with Crippen molar-refractivity contribution in [3.05, 3.63) is 59.9 Å². The number of ether oxygens (including phenoxy) is 1. The smallest absolute Gasteiger partial charge is 0.254 e. The van der Waals surface area contributed by atoms with Crippen molar-refractivity contribution in [2.24, 2.45) is 5.92 Å². The van der Waals surface area contributed by atoms with Gasteiger partial charge in [0.2, 0.25) is 0 Å². The van der Waals surface area contributed by atoms with Crippen LogP contribution < -0.4 is 0 Å². The Bertz CT molecular complexity index is 792. The summed E-state index contributed by atoms with van der Waals surface area (Å²) in [5, 5.41) is 9.43. The van der Waals surface area contributed by atoms with Gasteiger partial charge in [0, 0.05) is 18.7 Å². The highest BCUT2D eigenvalue weighted by Gasteiger charge is 2.42. The number of hydrogen-bond acceptors (Lipinski definition) is 3. The maximum absolute atomic E-state index is 13.4. The van der Waals surface area contributed by atoms with Crippen LogP contribution in [0.25, 0.3) is 11.1 Å². The standard InChI is InChI=1S/C21H22FNO3/c22-18-3-1-2-17(12-18)15-4-6-16(7-5-15)21(25)23-8-9-26-20-11-14(13-24)10-19(20)23/h1-7,12,14,19-20,24H,8-11,13H2/t14-,19+,20+/m1/s1. The van der Waals surface area contributed by atoms with Crippen LogP contribution in [0.3, 0.4) is 0 Å². The summed E-state index contributed by atoms with van der Waals surface area (Å²) < 4.78 is 19.2. The zero-order valence-electron chi connectivity index (χ0n) is 14.5. The first-order valence-corrected chi connectivity index (χ1v) is 9.05. The molecule has 1 saturated heterocycles. The third kappa shape index (κ3) is 3.24. The molecule has 1 saturated carbocycles. The van der Waals surface area contributed by atoms with Gasteiger partial charge in [0.15, 0.2) is 0 Å². The Morgan fingerprint density at radius 3 is 2.69 bits per heavy atom. The molecule has 0 aromatic heterocycles. The average Bonchev–Trinajstić information content (AvgIpc) is 3.11. The van der Waals surface area contributed by atoms with Gasteiger partial charge in [-0.15, -0.1) is 0 Å². The van der Waals surface area contributed by atoms with Gasteiger partial charge in [-0.3, -0.25) is 4.79 Å². The Labute approximate surface area is 152 Å². The van der Waals surface area contributed by atoms with Crippen molar-refractivity contribution in [2.45, 2.75) is 25.0 Å². The van der Waals surface area contributed by atoms with Crippen LogP contribution in [0.5, 0.6) is 0 Å². The lowest BCUT2D eigenvalue weighted by Gasteiger charge is -2.37. The molecule has 0 bridgehead atoms. The SMILES string of the molecule is O=C(c1ccc(-c2cccc(F)c2)cc1)N1CCO[C@H]2C[C@H](CO)C[C@@H]21. The molecule has 5 heteroatoms. The number of hydrogen-bond donors (Lipinski definition) is 1. The highest BCUT2D eigenvalue weighted by Crippen LogP contribution is 2.34. The van der Waals surface area contributed by atoms with Gasteiger partial charge in [-0.05, 0) is 54.2 Å². The van der Waals surface area contributed by atoms with Gasteiger partial charge < -0.3 is 14.7 Å². The second-order valence-electron chi connectivity index (χ2n) is 7.08. The van der Waals surface area contributed by atoms with Crippen LogP contribution in [0, 0.1) is 11.7 Å². The number of nitrogens with zero attached hydrogens (tertiary/aromatic N) is 1. The summed E-state index contributed by atoms with van der Waals surface area (Å²) >= 11 is 0. The lowest BCUT2D eigenvalue weighted by Crippen LogP contribution is -2.51. The fourth-order valence-electron chi connectivity index (χ4n) is 4.09. The second kappa shape index (κ2) is 7.17. The Morgan fingerprint density at radius 2 is 1.96 bits per heavy atom. The quantitative estimate of drug-likeness (QED) is 0.920. The van der Waals surface area contributed by atoms with Crippen LogP contribution in [0.1, 0.15) is 23.2 Å². The molecule has 0 radical (unpaired) electrons. The van der Waals surface area contributed by atoms with E-state index in [2.05, 4.69) is 0 Å². The molecule has 4 rings (SSSR count). The molecule has 0 unspecified atom stereocenters. The third-order valence-electron chi connectivity index (χ3n) is 5.44. The summed E-state index contributed by atoms with van der Waals surface area (Å²) in [6.07, 6.45) is 1.62. The summed E-state index contributed by atoms with van der Waals surface area (Å²) in [4.78, 5) is 14.9. The summed E-state index contributed by atoms with van der Waals surface area (Å²) in [5.74, 6) is -0.0804. The number of carbonyl (C=O) groups excluding carboxylic acids is 1. The van der Waals surface area contributed by atoms with Crippen LogP contribution in [0.4, 0.5) is 4.39 Å². The first-order valence-electron chi connectivity index (χ1n) is 9.05. The Balaban J connectivity index is 1.53. The number of halogens is 1. The van der Waals surface area contributed by atoms with Crippen molar-refractivity contribution in [3.8, 4) is 11.1 Å². The van der Waals surface area contributed by atoms with Gasteiger partial charge in [0.25, 0.3) is 5.91 Å². The van der Waals surface area contributed by atoms with Crippen molar-refractivity contribution < 1.29 is 19.0 Å². The van der Waals surface area contributed by atoms with Crippen LogP contribution in [0.15, 0.2) is 48.5 Å². The average molecular weight is 355 g/mol. The molecule has 1 aliphatic heterocycles. The summed E-state index contributed by atoms with van der Waals surface area (Å²) in [6, 6.07) is 13.8. The minimum Gasteiger partial charge on any atom is -0.396 e. The van der Waals surface area contributed by atoms with E-state index >= 15 is 0 Å². The molecule has 2 aromatic rings. The zero-order chi connectivity index (χ0) is 18.1. The molecule has 2 aliphatic rings. The minimum atomic E-state index is -0.276. The van der Waals surface area contributed by atoms with E-state index in [1.807, 2.05) is 23.1 Å². The topological polar surface area (TPSA) is 49.8 Å². The van der Waals surface area contributed by atoms with E-state index in [1.54, 1.807) is 18.2 Å². The molecule has 1 heterocycles. The Kier molecular flexibility index (Phi) is 4.74. The van der Waals surface area contributed by atoms with E-state index < -0.39 is 0 Å². The molecule has 26 heavy (non-hydrogen) atoms. The lowest BCUT2D eigenvalue weighted by atomic mass is 10.0. The lowest BCUT2D eigenvalue weighted by molar-refractivity contribution is -0.0448. The predicted molar refractivity (Wildman–Crippen MR) is 96.2 cm³/mol. The molecule has 3 atom stereocenters. The third-order valence-corrected chi connectivity index (χ3v) is 5.44. The fraction of sp³-hybridized carbons (Fsp3) is 0.381. The summed E-state index contributed by atoms with van der Waals surface area (Å²) in [5.41, 5.74) is 2.29. The van der Waals surface area contributed by atoms with Gasteiger partial charge in [-0.1, -0.05) is 24.3 Å². The first-order chi connectivity index (χ1) is 12.7. The molecule has 2 fully saturated rings. The van der Waals surface area contributed by atoms with Crippen molar-refractivity contribution in [3.63, 3.8) is 0 Å². The van der Waals surface area contributed by atoms with Crippen LogP contribution >= 0.6 is 0 Å². The van der Waals surface area contributed by atoms with E-state index in [-0.39, 0.29) is 36.4 Å². The molecule has 1 aliphatic carbocycles.